The maximum atomic E-state index is 8.14. The molecule has 2 heteroatoms. The van der Waals surface area contributed by atoms with Crippen molar-refractivity contribution in [2.75, 3.05) is 6.54 Å². The van der Waals surface area contributed by atoms with Gasteiger partial charge in [-0.1, -0.05) is 0 Å². The van der Waals surface area contributed by atoms with E-state index in [1.54, 1.807) is 0 Å². The Kier molecular flexibility index (Phi) is 5.24. The molecule has 0 aromatic rings. The SMILES string of the molecule is CC(C)[N]CCCC#N. The first-order valence-electron chi connectivity index (χ1n) is 3.31. The summed E-state index contributed by atoms with van der Waals surface area (Å²) in [5, 5.41) is 12.4. The highest BCUT2D eigenvalue weighted by molar-refractivity contribution is 4.69. The van der Waals surface area contributed by atoms with Crippen LogP contribution in [0.25, 0.3) is 0 Å². The van der Waals surface area contributed by atoms with Gasteiger partial charge in [-0.15, -0.1) is 0 Å². The average molecular weight is 125 g/mol. The lowest BCUT2D eigenvalue weighted by Crippen LogP contribution is -2.15. The average Bonchev–Trinajstić information content (AvgIpc) is 1.80. The quantitative estimate of drug-likeness (QED) is 0.522. The van der Waals surface area contributed by atoms with Gasteiger partial charge in [0.25, 0.3) is 0 Å². The molecule has 0 atom stereocenters. The molecule has 0 aliphatic carbocycles. The minimum absolute atomic E-state index is 0.420. The topological polar surface area (TPSA) is 37.9 Å². The van der Waals surface area contributed by atoms with Crippen LogP contribution in [0.15, 0.2) is 0 Å². The highest BCUT2D eigenvalue weighted by Crippen LogP contribution is 1.86. The summed E-state index contributed by atoms with van der Waals surface area (Å²) in [4.78, 5) is 0. The fourth-order valence-corrected chi connectivity index (χ4v) is 0.508. The molecule has 1 radical (unpaired) electrons. The van der Waals surface area contributed by atoms with Crippen molar-refractivity contribution < 1.29 is 0 Å². The molecule has 0 bridgehead atoms. The van der Waals surface area contributed by atoms with E-state index >= 15 is 0 Å². The normalized spacial score (nSPS) is 9.56. The van der Waals surface area contributed by atoms with Crippen molar-refractivity contribution in [1.29, 1.82) is 5.26 Å². The smallest absolute Gasteiger partial charge is 0.0622 e. The van der Waals surface area contributed by atoms with Gasteiger partial charge in [0, 0.05) is 19.0 Å². The molecule has 0 saturated heterocycles. The Morgan fingerprint density at radius 2 is 2.22 bits per heavy atom. The zero-order valence-corrected chi connectivity index (χ0v) is 6.09. The monoisotopic (exact) mass is 125 g/mol. The minimum Gasteiger partial charge on any atom is -0.239 e. The number of rotatable bonds is 4. The molecular weight excluding hydrogens is 112 g/mol. The molecule has 0 unspecified atom stereocenters. The lowest BCUT2D eigenvalue weighted by Gasteiger charge is -2.01. The van der Waals surface area contributed by atoms with Gasteiger partial charge in [0.05, 0.1) is 6.07 Å². The molecule has 0 rings (SSSR count). The van der Waals surface area contributed by atoms with Crippen molar-refractivity contribution >= 4 is 0 Å². The highest BCUT2D eigenvalue weighted by atomic mass is 14.9. The molecule has 0 aliphatic rings. The Bertz CT molecular complexity index is 91.6. The van der Waals surface area contributed by atoms with E-state index < -0.39 is 0 Å². The Hall–Kier alpha value is -0.550. The van der Waals surface area contributed by atoms with Crippen LogP contribution in [0.5, 0.6) is 0 Å². The number of unbranched alkanes of at least 4 members (excludes halogenated alkanes) is 1. The van der Waals surface area contributed by atoms with E-state index in [4.69, 9.17) is 5.26 Å². The number of nitrogens with zero attached hydrogens (tertiary/aromatic N) is 2. The van der Waals surface area contributed by atoms with E-state index in [9.17, 15) is 0 Å². The van der Waals surface area contributed by atoms with Crippen molar-refractivity contribution in [2.45, 2.75) is 32.7 Å². The summed E-state index contributed by atoms with van der Waals surface area (Å²) < 4.78 is 0. The lowest BCUT2D eigenvalue weighted by molar-refractivity contribution is 0.562. The van der Waals surface area contributed by atoms with E-state index in [0.29, 0.717) is 12.5 Å². The maximum absolute atomic E-state index is 8.14. The van der Waals surface area contributed by atoms with Gasteiger partial charge in [0.15, 0.2) is 0 Å². The second kappa shape index (κ2) is 5.58. The van der Waals surface area contributed by atoms with Crippen LogP contribution in [-0.4, -0.2) is 12.6 Å². The Balaban J connectivity index is 2.85. The zero-order valence-electron chi connectivity index (χ0n) is 6.09. The van der Waals surface area contributed by atoms with Crippen molar-refractivity contribution in [2.24, 2.45) is 0 Å². The Labute approximate surface area is 56.9 Å². The molecule has 0 aromatic carbocycles. The molecule has 0 spiro atoms. The summed E-state index contributed by atoms with van der Waals surface area (Å²) in [5.74, 6) is 0. The van der Waals surface area contributed by atoms with Gasteiger partial charge >= 0.3 is 0 Å². The molecule has 0 aromatic heterocycles. The molecule has 51 valence electrons. The van der Waals surface area contributed by atoms with Gasteiger partial charge in [-0.2, -0.15) is 5.26 Å². The third-order valence-electron chi connectivity index (χ3n) is 0.941. The number of hydrogen-bond donors (Lipinski definition) is 0. The van der Waals surface area contributed by atoms with E-state index in [2.05, 4.69) is 11.4 Å². The first kappa shape index (κ1) is 8.45. The summed E-state index contributed by atoms with van der Waals surface area (Å²) in [7, 11) is 0. The molecule has 0 fully saturated rings. The first-order chi connectivity index (χ1) is 4.27. The fraction of sp³-hybridized carbons (Fsp3) is 0.857. The molecular formula is C7H13N2. The minimum atomic E-state index is 0.420. The molecule has 9 heavy (non-hydrogen) atoms. The van der Waals surface area contributed by atoms with Crippen LogP contribution in [0, 0.1) is 11.3 Å². The predicted molar refractivity (Wildman–Crippen MR) is 37.0 cm³/mol. The summed E-state index contributed by atoms with van der Waals surface area (Å²) >= 11 is 0. The third kappa shape index (κ3) is 7.45. The molecule has 0 heterocycles. The zero-order chi connectivity index (χ0) is 7.11. The second-order valence-electron chi connectivity index (χ2n) is 2.26. The van der Waals surface area contributed by atoms with Crippen LogP contribution in [-0.2, 0) is 0 Å². The summed E-state index contributed by atoms with van der Waals surface area (Å²) in [5.41, 5.74) is 0. The van der Waals surface area contributed by atoms with Crippen LogP contribution in [0.2, 0.25) is 0 Å². The standard InChI is InChI=1S/C7H13N2/c1-7(2)9-6-4-3-5-8/h7H,3-4,6H2,1-2H3. The summed E-state index contributed by atoms with van der Waals surface area (Å²) in [6, 6.07) is 2.50. The molecule has 0 saturated carbocycles. The van der Waals surface area contributed by atoms with Gasteiger partial charge in [0.2, 0.25) is 0 Å². The second-order valence-corrected chi connectivity index (χ2v) is 2.26. The van der Waals surface area contributed by atoms with E-state index in [0.717, 1.165) is 13.0 Å². The van der Waals surface area contributed by atoms with Crippen LogP contribution in [0.4, 0.5) is 0 Å². The van der Waals surface area contributed by atoms with Gasteiger partial charge in [-0.3, -0.25) is 0 Å². The highest BCUT2D eigenvalue weighted by Gasteiger charge is 1.91. The third-order valence-corrected chi connectivity index (χ3v) is 0.941. The van der Waals surface area contributed by atoms with Gasteiger partial charge in [0.1, 0.15) is 0 Å². The Morgan fingerprint density at radius 1 is 1.56 bits per heavy atom. The predicted octanol–water partition coefficient (Wildman–Crippen LogP) is 1.30. The maximum Gasteiger partial charge on any atom is 0.0622 e. The van der Waals surface area contributed by atoms with Crippen LogP contribution < -0.4 is 5.32 Å². The fourth-order valence-electron chi connectivity index (χ4n) is 0.508. The Morgan fingerprint density at radius 3 is 2.67 bits per heavy atom. The van der Waals surface area contributed by atoms with E-state index in [-0.39, 0.29) is 0 Å². The largest absolute Gasteiger partial charge is 0.239 e. The van der Waals surface area contributed by atoms with Crippen molar-refractivity contribution in [3.8, 4) is 6.07 Å². The summed E-state index contributed by atoms with van der Waals surface area (Å²) in [6.07, 6.45) is 1.55. The van der Waals surface area contributed by atoms with Gasteiger partial charge in [-0.25, -0.2) is 5.32 Å². The van der Waals surface area contributed by atoms with Crippen LogP contribution in [0.1, 0.15) is 26.7 Å². The van der Waals surface area contributed by atoms with Gasteiger partial charge in [-0.05, 0) is 20.3 Å². The van der Waals surface area contributed by atoms with E-state index in [1.807, 2.05) is 13.8 Å². The lowest BCUT2D eigenvalue weighted by atomic mass is 10.3. The summed E-state index contributed by atoms with van der Waals surface area (Å²) in [6.45, 7) is 4.93. The van der Waals surface area contributed by atoms with E-state index in [1.165, 1.54) is 0 Å². The number of hydrogen-bond acceptors (Lipinski definition) is 1. The number of nitriles is 1. The molecule has 0 amide bonds. The van der Waals surface area contributed by atoms with Crippen molar-refractivity contribution in [1.82, 2.24) is 5.32 Å². The first-order valence-corrected chi connectivity index (χ1v) is 3.31. The molecule has 0 N–H and O–H groups in total. The van der Waals surface area contributed by atoms with Crippen molar-refractivity contribution in [3.63, 3.8) is 0 Å². The van der Waals surface area contributed by atoms with Gasteiger partial charge < -0.3 is 0 Å². The van der Waals surface area contributed by atoms with Crippen molar-refractivity contribution in [3.05, 3.63) is 0 Å². The van der Waals surface area contributed by atoms with Crippen LogP contribution in [0.3, 0.4) is 0 Å². The molecule has 0 aliphatic heterocycles. The molecule has 2 nitrogen and oxygen atoms in total. The van der Waals surface area contributed by atoms with Crippen LogP contribution >= 0.6 is 0 Å².